The van der Waals surface area contributed by atoms with Crippen molar-refractivity contribution in [1.82, 2.24) is 10.6 Å². The minimum absolute atomic E-state index is 0.678. The second kappa shape index (κ2) is 18.0. The van der Waals surface area contributed by atoms with Gasteiger partial charge in [0.25, 0.3) is 0 Å². The van der Waals surface area contributed by atoms with Gasteiger partial charge in [0, 0.05) is 13.8 Å². The van der Waals surface area contributed by atoms with Gasteiger partial charge in [-0.25, -0.2) is 0 Å². The number of hydrogen-bond donors (Lipinski definition) is 14. The zero-order chi connectivity index (χ0) is 37.9. The van der Waals surface area contributed by atoms with E-state index in [0.29, 0.717) is 0 Å². The first kappa shape index (κ1) is 41.9. The molecule has 4 rings (SSSR count). The summed E-state index contributed by atoms with van der Waals surface area (Å²) in [4.78, 5) is 23.9. The molecule has 0 bridgehead atoms. The summed E-state index contributed by atoms with van der Waals surface area (Å²) >= 11 is 0. The van der Waals surface area contributed by atoms with Crippen LogP contribution in [0.15, 0.2) is 0 Å². The maximum absolute atomic E-state index is 12.1. The predicted molar refractivity (Wildman–Crippen MR) is 157 cm³/mol. The van der Waals surface area contributed by atoms with Crippen molar-refractivity contribution in [2.75, 3.05) is 26.4 Å². The molecule has 296 valence electrons. The van der Waals surface area contributed by atoms with Crippen LogP contribution >= 0.6 is 0 Å². The number of hydrogen-bond acceptors (Lipinski definition) is 21. The molecule has 4 aliphatic heterocycles. The molecule has 0 spiro atoms. The third-order valence-corrected chi connectivity index (χ3v) is 8.99. The summed E-state index contributed by atoms with van der Waals surface area (Å²) in [6.07, 6.45) is -30.9. The van der Waals surface area contributed by atoms with Crippen LogP contribution in [0.2, 0.25) is 0 Å². The van der Waals surface area contributed by atoms with Crippen LogP contribution in [0.25, 0.3) is 0 Å². The van der Waals surface area contributed by atoms with Crippen LogP contribution in [-0.4, -0.2) is 222 Å². The Labute approximate surface area is 289 Å². The lowest BCUT2D eigenvalue weighted by Gasteiger charge is -2.48. The summed E-state index contributed by atoms with van der Waals surface area (Å²) < 4.78 is 38.9. The van der Waals surface area contributed by atoms with E-state index in [4.69, 9.17) is 33.2 Å². The molecule has 14 N–H and O–H groups in total. The molecule has 2 amide bonds. The van der Waals surface area contributed by atoms with Crippen molar-refractivity contribution in [1.29, 1.82) is 0 Å². The zero-order valence-corrected chi connectivity index (χ0v) is 27.4. The van der Waals surface area contributed by atoms with Crippen LogP contribution in [-0.2, 0) is 42.7 Å². The van der Waals surface area contributed by atoms with E-state index >= 15 is 0 Å². The molecule has 1 unspecified atom stereocenters. The molecular formula is C28H48N2O21. The number of carbonyl (C=O) groups excluding carboxylic acids is 2. The Balaban J connectivity index is 1.49. The van der Waals surface area contributed by atoms with Gasteiger partial charge in [-0.15, -0.1) is 0 Å². The maximum Gasteiger partial charge on any atom is 0.217 e. The van der Waals surface area contributed by atoms with E-state index in [1.54, 1.807) is 0 Å². The topological polar surface area (TPSA) is 366 Å². The summed E-state index contributed by atoms with van der Waals surface area (Å²) in [5.41, 5.74) is 0. The lowest BCUT2D eigenvalue weighted by atomic mass is 9.95. The Hall–Kier alpha value is -1.82. The fourth-order valence-corrected chi connectivity index (χ4v) is 6.25. The van der Waals surface area contributed by atoms with Crippen LogP contribution in [0.4, 0.5) is 0 Å². The quantitative estimate of drug-likeness (QED) is 0.0881. The average molecular weight is 749 g/mol. The van der Waals surface area contributed by atoms with Gasteiger partial charge in [-0.1, -0.05) is 0 Å². The van der Waals surface area contributed by atoms with Gasteiger partial charge in [0.15, 0.2) is 25.2 Å². The maximum atomic E-state index is 12.1. The number of carbonyl (C=O) groups is 2. The third-order valence-electron chi connectivity index (χ3n) is 8.99. The Morgan fingerprint density at radius 2 is 0.961 bits per heavy atom. The highest BCUT2D eigenvalue weighted by atomic mass is 16.8. The zero-order valence-electron chi connectivity index (χ0n) is 27.4. The van der Waals surface area contributed by atoms with Crippen LogP contribution in [0.3, 0.4) is 0 Å². The van der Waals surface area contributed by atoms with E-state index in [1.165, 1.54) is 0 Å². The summed E-state index contributed by atoms with van der Waals surface area (Å²) in [7, 11) is 0. The Kier molecular flexibility index (Phi) is 14.8. The Bertz CT molecular complexity index is 1140. The van der Waals surface area contributed by atoms with Crippen molar-refractivity contribution >= 4 is 11.8 Å². The number of rotatable bonds is 12. The lowest BCUT2D eigenvalue weighted by Crippen LogP contribution is -2.68. The molecule has 0 saturated carbocycles. The molecule has 0 aromatic carbocycles. The molecule has 0 radical (unpaired) electrons. The van der Waals surface area contributed by atoms with E-state index < -0.39 is 161 Å². The van der Waals surface area contributed by atoms with E-state index in [-0.39, 0.29) is 0 Å². The van der Waals surface area contributed by atoms with Crippen LogP contribution < -0.4 is 10.6 Å². The molecule has 20 atom stereocenters. The van der Waals surface area contributed by atoms with Crippen molar-refractivity contribution in [3.63, 3.8) is 0 Å². The van der Waals surface area contributed by atoms with Crippen molar-refractivity contribution < 1.29 is 104 Å². The first-order valence-electron chi connectivity index (χ1n) is 16.1. The monoisotopic (exact) mass is 748 g/mol. The van der Waals surface area contributed by atoms with Gasteiger partial charge in [0.1, 0.15) is 97.5 Å². The summed E-state index contributed by atoms with van der Waals surface area (Å²) in [5, 5.41) is 129. The average Bonchev–Trinajstić information content (AvgIpc) is 3.09. The smallest absolute Gasteiger partial charge is 0.217 e. The summed E-state index contributed by atoms with van der Waals surface area (Å²) in [5.74, 6) is -1.39. The minimum atomic E-state index is -1.98. The van der Waals surface area contributed by atoms with Crippen molar-refractivity contribution in [3.05, 3.63) is 0 Å². The second-order valence-electron chi connectivity index (χ2n) is 12.7. The van der Waals surface area contributed by atoms with Gasteiger partial charge in [0.05, 0.1) is 26.4 Å². The molecular weight excluding hydrogens is 700 g/mol. The SMILES string of the molecule is CC(=O)N[C@H]1[C@H](OC[C@H]2O[C@@H](O[C@H]3[C@H](O)[C@@H](CO)OC(O)[C@@H]3NC(C)=O)[C@H](O)[C@@H](O)[C@H]2O)O[C@H](CO)[C@@H](O[C@@H]2O[C@H](CO)[C@H](O)[C@H](O)[C@H]2O)[C@@H]1O. The van der Waals surface area contributed by atoms with Gasteiger partial charge in [-0.2, -0.15) is 0 Å². The standard InChI is InChI=1S/C28H48N2O21/c1-7(34)29-13-18(39)23(50-27-21(42)19(40)15(36)9(3-31)47-27)11(5-33)48-26(13)45-6-12-16(37)20(41)22(43)28(49-12)51-24-14(30-8(2)35)25(44)46-10(4-32)17(24)38/h9-28,31-33,36-44H,3-6H2,1-2H3,(H,29,34)(H,30,35)/t9-,10-,11-,12-,13-,14-,15+,16+,17-,18-,19+,20+,21-,22-,23-,24-,25?,26-,27+,28+/m1/s1. The van der Waals surface area contributed by atoms with Gasteiger partial charge < -0.3 is 105 Å². The van der Waals surface area contributed by atoms with Gasteiger partial charge in [-0.05, 0) is 0 Å². The number of amides is 2. The molecule has 23 heteroatoms. The molecule has 4 heterocycles. The Morgan fingerprint density at radius 1 is 0.510 bits per heavy atom. The first-order chi connectivity index (χ1) is 24.0. The molecule has 0 aromatic rings. The number of ether oxygens (including phenoxy) is 7. The summed E-state index contributed by atoms with van der Waals surface area (Å²) in [6, 6.07) is -2.96. The number of aliphatic hydroxyl groups excluding tert-OH is 12. The highest BCUT2D eigenvalue weighted by Gasteiger charge is 2.54. The van der Waals surface area contributed by atoms with E-state index in [2.05, 4.69) is 10.6 Å². The molecule has 4 saturated heterocycles. The van der Waals surface area contributed by atoms with Gasteiger partial charge in [0.2, 0.25) is 11.8 Å². The molecule has 51 heavy (non-hydrogen) atoms. The van der Waals surface area contributed by atoms with Crippen molar-refractivity contribution in [2.45, 2.75) is 137 Å². The molecule has 4 fully saturated rings. The van der Waals surface area contributed by atoms with Gasteiger partial charge >= 0.3 is 0 Å². The predicted octanol–water partition coefficient (Wildman–Crippen LogP) is -9.46. The highest BCUT2D eigenvalue weighted by molar-refractivity contribution is 5.73. The normalized spacial score (nSPS) is 47.8. The van der Waals surface area contributed by atoms with E-state index in [0.717, 1.165) is 13.8 Å². The van der Waals surface area contributed by atoms with Gasteiger partial charge in [-0.3, -0.25) is 9.59 Å². The van der Waals surface area contributed by atoms with E-state index in [1.807, 2.05) is 0 Å². The number of aliphatic hydroxyl groups is 12. The van der Waals surface area contributed by atoms with Crippen LogP contribution in [0, 0.1) is 0 Å². The van der Waals surface area contributed by atoms with E-state index in [9.17, 15) is 70.9 Å². The molecule has 4 aliphatic rings. The fraction of sp³-hybridized carbons (Fsp3) is 0.929. The van der Waals surface area contributed by atoms with Crippen LogP contribution in [0.1, 0.15) is 13.8 Å². The van der Waals surface area contributed by atoms with Crippen molar-refractivity contribution in [2.24, 2.45) is 0 Å². The Morgan fingerprint density at radius 3 is 1.49 bits per heavy atom. The largest absolute Gasteiger partial charge is 0.394 e. The van der Waals surface area contributed by atoms with Crippen molar-refractivity contribution in [3.8, 4) is 0 Å². The second-order valence-corrected chi connectivity index (χ2v) is 12.7. The third kappa shape index (κ3) is 9.29. The summed E-state index contributed by atoms with van der Waals surface area (Å²) in [6.45, 7) is -0.979. The fourth-order valence-electron chi connectivity index (χ4n) is 6.25. The van der Waals surface area contributed by atoms with Crippen LogP contribution in [0.5, 0.6) is 0 Å². The number of nitrogens with one attached hydrogen (secondary N) is 2. The first-order valence-corrected chi connectivity index (χ1v) is 16.1. The lowest BCUT2D eigenvalue weighted by molar-refractivity contribution is -0.358. The highest BCUT2D eigenvalue weighted by Crippen LogP contribution is 2.32. The molecule has 23 nitrogen and oxygen atoms in total. The molecule has 0 aromatic heterocycles. The minimum Gasteiger partial charge on any atom is -0.394 e. The molecule has 0 aliphatic carbocycles.